The molecule has 2 aromatic heterocycles. The SMILES string of the molecule is [U+2].[c-]1cc(-c2cccc3c4c(oc23)C=CCC4)ccc1-c1[c-]cc(C2NC(c3ccccc3)NC(c3ccc4oc5ccccc5c4c3)N2)cc1. The molecule has 3 heterocycles. The van der Waals surface area contributed by atoms with Gasteiger partial charge in [-0.3, -0.25) is 16.0 Å². The zero-order chi connectivity index (χ0) is 33.0. The van der Waals surface area contributed by atoms with E-state index in [9.17, 15) is 0 Å². The molecular formula is C45H33N3O2U. The molecule has 5 nitrogen and oxygen atoms in total. The standard InChI is InChI=1S/C45H33N3O2.U/c1-2-9-31(10-3-1)43-46-44(48-45(47-43)33-25-26-41-38(27-33)36-12-5-6-15-39(36)49-41)32-23-19-29(20-24-32)28-17-21-30(22-18-28)34-13-8-14-37-35-11-4-7-16-40(35)50-42(34)37;/h1-3,5-10,12-17,19,21-27,43-48H,4,11H2;/q-2;+2. The minimum atomic E-state index is -0.116. The zero-order valence-corrected chi connectivity index (χ0v) is 31.9. The van der Waals surface area contributed by atoms with Gasteiger partial charge in [0.2, 0.25) is 0 Å². The maximum Gasteiger partial charge on any atom is 2.00 e. The smallest absolute Gasteiger partial charge is 0.457 e. The van der Waals surface area contributed by atoms with Crippen LogP contribution in [0.15, 0.2) is 142 Å². The van der Waals surface area contributed by atoms with E-state index in [0.29, 0.717) is 0 Å². The van der Waals surface area contributed by atoms with Gasteiger partial charge in [0.1, 0.15) is 22.5 Å². The van der Waals surface area contributed by atoms with Crippen molar-refractivity contribution >= 4 is 39.0 Å². The molecule has 10 rings (SSSR count). The third-order valence-electron chi connectivity index (χ3n) is 10.1. The van der Waals surface area contributed by atoms with Gasteiger partial charge in [-0.15, -0.1) is 18.2 Å². The van der Waals surface area contributed by atoms with Crippen molar-refractivity contribution < 1.29 is 39.9 Å². The molecule has 1 aliphatic heterocycles. The summed E-state index contributed by atoms with van der Waals surface area (Å²) >= 11 is 0. The topological polar surface area (TPSA) is 62.4 Å². The average Bonchev–Trinajstić information content (AvgIpc) is 3.76. The maximum absolute atomic E-state index is 6.34. The summed E-state index contributed by atoms with van der Waals surface area (Å²) in [6.07, 6.45) is 6.09. The van der Waals surface area contributed by atoms with Crippen molar-refractivity contribution in [2.24, 2.45) is 0 Å². The number of benzene rings is 6. The Morgan fingerprint density at radius 2 is 1.27 bits per heavy atom. The molecule has 0 radical (unpaired) electrons. The number of rotatable bonds is 5. The minimum absolute atomic E-state index is 0. The predicted molar refractivity (Wildman–Crippen MR) is 200 cm³/mol. The van der Waals surface area contributed by atoms with Gasteiger partial charge in [0.25, 0.3) is 0 Å². The Kier molecular flexibility index (Phi) is 8.52. The molecule has 6 heteroatoms. The van der Waals surface area contributed by atoms with Crippen molar-refractivity contribution in [2.75, 3.05) is 0 Å². The van der Waals surface area contributed by atoms with Crippen LogP contribution in [0.25, 0.3) is 61.2 Å². The maximum atomic E-state index is 6.34. The first-order valence-electron chi connectivity index (χ1n) is 17.2. The molecule has 3 N–H and O–H groups in total. The van der Waals surface area contributed by atoms with Gasteiger partial charge in [-0.25, -0.2) is 11.1 Å². The van der Waals surface area contributed by atoms with Gasteiger partial charge in [0, 0.05) is 21.7 Å². The van der Waals surface area contributed by atoms with Crippen molar-refractivity contribution in [1.29, 1.82) is 0 Å². The molecule has 244 valence electrons. The van der Waals surface area contributed by atoms with E-state index >= 15 is 0 Å². The van der Waals surface area contributed by atoms with Crippen molar-refractivity contribution in [3.63, 3.8) is 0 Å². The van der Waals surface area contributed by atoms with Crippen LogP contribution in [0.3, 0.4) is 0 Å². The summed E-state index contributed by atoms with van der Waals surface area (Å²) in [6.45, 7) is 0. The fourth-order valence-electron chi connectivity index (χ4n) is 7.56. The summed E-state index contributed by atoms with van der Waals surface area (Å²) in [4.78, 5) is 0. The van der Waals surface area contributed by atoms with Crippen LogP contribution in [0.5, 0.6) is 0 Å². The van der Waals surface area contributed by atoms with Gasteiger partial charge >= 0.3 is 31.1 Å². The van der Waals surface area contributed by atoms with E-state index in [0.717, 1.165) is 79.5 Å². The fourth-order valence-corrected chi connectivity index (χ4v) is 7.56. The first-order valence-corrected chi connectivity index (χ1v) is 17.2. The molecule has 3 atom stereocenters. The van der Waals surface area contributed by atoms with Gasteiger partial charge in [0.15, 0.2) is 0 Å². The number of nitrogens with one attached hydrogen (secondary N) is 3. The summed E-state index contributed by atoms with van der Waals surface area (Å²) < 4.78 is 12.5. The molecular weight excluding hydrogens is 853 g/mol. The van der Waals surface area contributed by atoms with E-state index in [4.69, 9.17) is 8.83 Å². The molecule has 1 aliphatic carbocycles. The zero-order valence-electron chi connectivity index (χ0n) is 27.7. The van der Waals surface area contributed by atoms with Crippen LogP contribution in [0.4, 0.5) is 0 Å². The Hall–Kier alpha value is -4.67. The number of furan rings is 2. The first kappa shape index (κ1) is 32.3. The quantitative estimate of drug-likeness (QED) is 0.150. The van der Waals surface area contributed by atoms with E-state index < -0.39 is 0 Å². The Labute approximate surface area is 320 Å². The summed E-state index contributed by atoms with van der Waals surface area (Å²) in [7, 11) is 0. The van der Waals surface area contributed by atoms with Crippen LogP contribution in [0, 0.1) is 43.2 Å². The van der Waals surface area contributed by atoms with Gasteiger partial charge in [-0.05, 0) is 53.8 Å². The fraction of sp³-hybridized carbons (Fsp3) is 0.111. The summed E-state index contributed by atoms with van der Waals surface area (Å²) in [6, 6.07) is 51.5. The molecule has 2 aliphatic rings. The second-order valence-corrected chi connectivity index (χ2v) is 13.2. The van der Waals surface area contributed by atoms with Crippen LogP contribution in [0.1, 0.15) is 52.9 Å². The van der Waals surface area contributed by atoms with Gasteiger partial charge in [0.05, 0.1) is 18.5 Å². The predicted octanol–water partition coefficient (Wildman–Crippen LogP) is 10.4. The number of hydrogen-bond donors (Lipinski definition) is 3. The Morgan fingerprint density at radius 3 is 2.08 bits per heavy atom. The van der Waals surface area contributed by atoms with Crippen molar-refractivity contribution in [1.82, 2.24) is 16.0 Å². The van der Waals surface area contributed by atoms with E-state index in [1.54, 1.807) is 0 Å². The molecule has 0 saturated carbocycles. The van der Waals surface area contributed by atoms with Gasteiger partial charge in [-0.1, -0.05) is 90.0 Å². The van der Waals surface area contributed by atoms with E-state index in [1.165, 1.54) is 16.5 Å². The molecule has 0 amide bonds. The molecule has 3 unspecified atom stereocenters. The third-order valence-corrected chi connectivity index (χ3v) is 10.1. The molecule has 6 aromatic carbocycles. The number of allylic oxidation sites excluding steroid dienone is 1. The second-order valence-electron chi connectivity index (χ2n) is 13.2. The van der Waals surface area contributed by atoms with Gasteiger partial charge < -0.3 is 8.83 Å². The molecule has 51 heavy (non-hydrogen) atoms. The molecule has 1 fully saturated rings. The van der Waals surface area contributed by atoms with Crippen molar-refractivity contribution in [2.45, 2.75) is 31.3 Å². The van der Waals surface area contributed by atoms with Crippen molar-refractivity contribution in [3.8, 4) is 22.3 Å². The van der Waals surface area contributed by atoms with E-state index in [2.05, 4.69) is 155 Å². The number of fused-ring (bicyclic) bond motifs is 6. The summed E-state index contributed by atoms with van der Waals surface area (Å²) in [5.74, 6) is 0.987. The number of hydrogen-bond acceptors (Lipinski definition) is 5. The second kappa shape index (κ2) is 13.5. The Bertz CT molecular complexity index is 2530. The summed E-state index contributed by atoms with van der Waals surface area (Å²) in [5.41, 5.74) is 11.7. The van der Waals surface area contributed by atoms with E-state index in [-0.39, 0.29) is 49.6 Å². The normalized spacial score (nSPS) is 18.5. The van der Waals surface area contributed by atoms with Crippen LogP contribution in [-0.2, 0) is 6.42 Å². The van der Waals surface area contributed by atoms with E-state index in [1.807, 2.05) is 12.1 Å². The number of aryl methyl sites for hydroxylation is 1. The average molecular weight is 886 g/mol. The van der Waals surface area contributed by atoms with Crippen LogP contribution >= 0.6 is 0 Å². The molecule has 8 aromatic rings. The van der Waals surface area contributed by atoms with Crippen LogP contribution in [0.2, 0.25) is 0 Å². The van der Waals surface area contributed by atoms with Crippen LogP contribution in [-0.4, -0.2) is 0 Å². The number of para-hydroxylation sites is 2. The van der Waals surface area contributed by atoms with Crippen LogP contribution < -0.4 is 16.0 Å². The third kappa shape index (κ3) is 5.88. The molecule has 1 saturated heterocycles. The minimum Gasteiger partial charge on any atom is -0.457 e. The Balaban J connectivity index is 0.00000348. The largest absolute Gasteiger partial charge is 2.00 e. The first-order chi connectivity index (χ1) is 24.7. The summed E-state index contributed by atoms with van der Waals surface area (Å²) in [5, 5.41) is 14.8. The molecule has 0 spiro atoms. The Morgan fingerprint density at radius 1 is 0.569 bits per heavy atom. The van der Waals surface area contributed by atoms with Gasteiger partial charge in [-0.2, -0.15) is 30.3 Å². The monoisotopic (exact) mass is 885 g/mol. The molecule has 0 bridgehead atoms. The van der Waals surface area contributed by atoms with Crippen molar-refractivity contribution in [3.05, 3.63) is 174 Å².